The van der Waals surface area contributed by atoms with Crippen molar-refractivity contribution in [3.63, 3.8) is 0 Å². The summed E-state index contributed by atoms with van der Waals surface area (Å²) < 4.78 is 0.246. The molecule has 1 atom stereocenters. The molecule has 0 N–H and O–H groups in total. The molecular formula is C8H9AsNOS. The van der Waals surface area contributed by atoms with Gasteiger partial charge in [0.15, 0.2) is 0 Å². The molecule has 12 heavy (non-hydrogen) atoms. The van der Waals surface area contributed by atoms with E-state index in [9.17, 15) is 4.79 Å². The topological polar surface area (TPSA) is 30.0 Å². The van der Waals surface area contributed by atoms with Crippen LogP contribution in [-0.4, -0.2) is 31.1 Å². The standard InChI is InChI=1S/C8H9AsNOS/c11-8(6-12)9-5-7-3-1-2-4-10-7/h1-4,9H,5-6H2. The van der Waals surface area contributed by atoms with E-state index in [0.29, 0.717) is 0 Å². The summed E-state index contributed by atoms with van der Waals surface area (Å²) in [6, 6.07) is 5.76. The summed E-state index contributed by atoms with van der Waals surface area (Å²) >= 11 is 4.10. The maximum atomic E-state index is 10.9. The monoisotopic (exact) mass is 242 g/mol. The van der Waals surface area contributed by atoms with Crippen LogP contribution >= 0.6 is 12.6 Å². The number of hydrogen-bond acceptors (Lipinski definition) is 2. The number of carbonyl (C=O) groups is 1. The molecule has 0 aliphatic heterocycles. The van der Waals surface area contributed by atoms with Crippen LogP contribution in [0, 0.1) is 0 Å². The number of carbonyl (C=O) groups excluding carboxylic acids is 1. The Morgan fingerprint density at radius 2 is 2.42 bits per heavy atom. The van der Waals surface area contributed by atoms with E-state index in [4.69, 9.17) is 0 Å². The van der Waals surface area contributed by atoms with Crippen LogP contribution in [0.5, 0.6) is 0 Å². The van der Waals surface area contributed by atoms with Gasteiger partial charge in [-0.1, -0.05) is 0 Å². The molecule has 4 heteroatoms. The van der Waals surface area contributed by atoms with Crippen molar-refractivity contribution in [2.24, 2.45) is 0 Å². The summed E-state index contributed by atoms with van der Waals surface area (Å²) in [5.41, 5.74) is 1.01. The summed E-state index contributed by atoms with van der Waals surface area (Å²) in [7, 11) is 0. The molecule has 0 fully saturated rings. The number of nitrogens with zero attached hydrogens (tertiary/aromatic N) is 1. The second-order valence-electron chi connectivity index (χ2n) is 2.24. The zero-order valence-electron chi connectivity index (χ0n) is 6.49. The predicted molar refractivity (Wildman–Crippen MR) is 52.6 cm³/mol. The second kappa shape index (κ2) is 5.39. The summed E-state index contributed by atoms with van der Waals surface area (Å²) in [6.07, 6.45) is 1.75. The second-order valence-corrected chi connectivity index (χ2v) is 5.18. The summed E-state index contributed by atoms with van der Waals surface area (Å²) in [4.78, 5) is 15.0. The Balaban J connectivity index is 2.38. The fourth-order valence-electron chi connectivity index (χ4n) is 0.743. The van der Waals surface area contributed by atoms with Crippen molar-refractivity contribution in [2.75, 3.05) is 5.75 Å². The minimum absolute atomic E-state index is 0.246. The van der Waals surface area contributed by atoms with E-state index in [-0.39, 0.29) is 10.3 Å². The molecule has 0 amide bonds. The normalized spacial score (nSPS) is 10.8. The molecule has 0 aliphatic rings. The third-order valence-corrected chi connectivity index (χ3v) is 4.45. The molecule has 1 unspecified atom stereocenters. The van der Waals surface area contributed by atoms with Crippen molar-refractivity contribution in [1.82, 2.24) is 4.98 Å². The van der Waals surface area contributed by atoms with Crippen molar-refractivity contribution in [3.05, 3.63) is 30.1 Å². The molecule has 0 saturated carbocycles. The summed E-state index contributed by atoms with van der Waals surface area (Å²) in [6.45, 7) is 0. The molecule has 1 aromatic rings. The van der Waals surface area contributed by atoms with Crippen LogP contribution < -0.4 is 0 Å². The van der Waals surface area contributed by atoms with Crippen molar-refractivity contribution in [3.8, 4) is 0 Å². The van der Waals surface area contributed by atoms with Gasteiger partial charge in [0.25, 0.3) is 0 Å². The van der Waals surface area contributed by atoms with Gasteiger partial charge in [0.05, 0.1) is 0 Å². The van der Waals surface area contributed by atoms with Crippen LogP contribution in [-0.2, 0) is 10.0 Å². The zero-order valence-corrected chi connectivity index (χ0v) is 9.40. The van der Waals surface area contributed by atoms with Crippen LogP contribution in [0.1, 0.15) is 5.69 Å². The van der Waals surface area contributed by atoms with Gasteiger partial charge in [0.1, 0.15) is 0 Å². The zero-order chi connectivity index (χ0) is 8.81. The Hall–Kier alpha value is -0.272. The molecule has 63 valence electrons. The van der Waals surface area contributed by atoms with E-state index in [0.717, 1.165) is 10.9 Å². The van der Waals surface area contributed by atoms with Crippen molar-refractivity contribution < 1.29 is 4.79 Å². The van der Waals surface area contributed by atoms with E-state index in [1.165, 1.54) is 0 Å². The molecular weight excluding hydrogens is 233 g/mol. The molecule has 1 rings (SSSR count). The maximum absolute atomic E-state index is 10.9. The molecule has 1 aromatic heterocycles. The number of pyridine rings is 1. The molecule has 1 radical (unpaired) electrons. The minimum atomic E-state index is -0.550. The third kappa shape index (κ3) is 3.42. The van der Waals surface area contributed by atoms with Crippen molar-refractivity contribution in [1.29, 1.82) is 0 Å². The van der Waals surface area contributed by atoms with Crippen molar-refractivity contribution in [2.45, 2.75) is 5.21 Å². The van der Waals surface area contributed by atoms with Gasteiger partial charge < -0.3 is 0 Å². The van der Waals surface area contributed by atoms with Gasteiger partial charge in [0, 0.05) is 0 Å². The Bertz CT molecular complexity index is 252. The first-order valence-corrected chi connectivity index (χ1v) is 6.68. The Labute approximate surface area is 83.9 Å². The Morgan fingerprint density at radius 3 is 3.00 bits per heavy atom. The molecule has 1 heterocycles. The Morgan fingerprint density at radius 1 is 1.58 bits per heavy atom. The van der Waals surface area contributed by atoms with Gasteiger partial charge in [-0.3, -0.25) is 0 Å². The van der Waals surface area contributed by atoms with E-state index < -0.39 is 15.8 Å². The number of rotatable bonds is 4. The molecule has 0 saturated heterocycles. The van der Waals surface area contributed by atoms with Gasteiger partial charge in [-0.2, -0.15) is 0 Å². The molecule has 0 spiro atoms. The van der Waals surface area contributed by atoms with Gasteiger partial charge in [0.2, 0.25) is 0 Å². The average molecular weight is 242 g/mol. The molecule has 0 bridgehead atoms. The fraction of sp³-hybridized carbons (Fsp3) is 0.250. The van der Waals surface area contributed by atoms with Gasteiger partial charge in [-0.25, -0.2) is 0 Å². The summed E-state index contributed by atoms with van der Waals surface area (Å²) in [5, 5.41) is 0.830. The molecule has 0 aliphatic carbocycles. The van der Waals surface area contributed by atoms with Gasteiger partial charge in [-0.05, 0) is 0 Å². The predicted octanol–water partition coefficient (Wildman–Crippen LogP) is 0.742. The van der Waals surface area contributed by atoms with Crippen molar-refractivity contribution >= 4 is 33.0 Å². The average Bonchev–Trinajstić information content (AvgIpc) is 2.16. The van der Waals surface area contributed by atoms with Crippen LogP contribution in [0.4, 0.5) is 0 Å². The van der Waals surface area contributed by atoms with E-state index in [1.807, 2.05) is 18.2 Å². The van der Waals surface area contributed by atoms with E-state index in [2.05, 4.69) is 17.6 Å². The van der Waals surface area contributed by atoms with E-state index in [1.54, 1.807) is 6.20 Å². The first-order valence-electron chi connectivity index (χ1n) is 3.57. The number of aromatic nitrogens is 1. The Kier molecular flexibility index (Phi) is 4.41. The fourth-order valence-corrected chi connectivity index (χ4v) is 2.72. The quantitative estimate of drug-likeness (QED) is 0.729. The van der Waals surface area contributed by atoms with Gasteiger partial charge >= 0.3 is 83.8 Å². The molecule has 0 aromatic carbocycles. The van der Waals surface area contributed by atoms with Crippen LogP contribution in [0.15, 0.2) is 24.4 Å². The molecule has 2 nitrogen and oxygen atoms in total. The van der Waals surface area contributed by atoms with E-state index >= 15 is 0 Å². The first-order chi connectivity index (χ1) is 5.83. The first kappa shape index (κ1) is 9.81. The van der Waals surface area contributed by atoms with Crippen LogP contribution in [0.3, 0.4) is 0 Å². The van der Waals surface area contributed by atoms with Gasteiger partial charge in [-0.15, -0.1) is 0 Å². The van der Waals surface area contributed by atoms with Crippen LogP contribution in [0.2, 0.25) is 0 Å². The van der Waals surface area contributed by atoms with Crippen LogP contribution in [0.25, 0.3) is 0 Å². The SMILES string of the molecule is O=C(C[S])[AsH]Cc1ccccn1. The third-order valence-electron chi connectivity index (χ3n) is 1.32. The number of hydrogen-bond donors (Lipinski definition) is 0. The summed E-state index contributed by atoms with van der Waals surface area (Å²) in [5.74, 6) is 0.271.